The van der Waals surface area contributed by atoms with Gasteiger partial charge in [0.2, 0.25) is 0 Å². The van der Waals surface area contributed by atoms with Crippen molar-refractivity contribution in [1.82, 2.24) is 9.36 Å². The molecule has 3 nitrogen and oxygen atoms in total. The van der Waals surface area contributed by atoms with Gasteiger partial charge in [-0.2, -0.15) is 9.36 Å². The van der Waals surface area contributed by atoms with Gasteiger partial charge in [0, 0.05) is 21.5 Å². The lowest BCUT2D eigenvalue weighted by molar-refractivity contribution is 0.477. The Balaban J connectivity index is 2.14. The van der Waals surface area contributed by atoms with Crippen molar-refractivity contribution < 1.29 is 4.74 Å². The number of hydrogen-bond donors (Lipinski definition) is 0. The van der Waals surface area contributed by atoms with E-state index in [2.05, 4.69) is 31.9 Å². The topological polar surface area (TPSA) is 35.0 Å². The third kappa shape index (κ3) is 2.88. The van der Waals surface area contributed by atoms with Crippen molar-refractivity contribution in [3.05, 3.63) is 33.7 Å². The van der Waals surface area contributed by atoms with Crippen LogP contribution in [0.2, 0.25) is 0 Å². The Morgan fingerprint density at radius 3 is 3.00 bits per heavy atom. The number of ether oxygens (including phenoxy) is 1. The molecule has 5 heteroatoms. The average molecular weight is 332 g/mol. The van der Waals surface area contributed by atoms with Gasteiger partial charge in [-0.1, -0.05) is 13.0 Å². The maximum atomic E-state index is 5.58. The van der Waals surface area contributed by atoms with E-state index in [0.29, 0.717) is 5.19 Å². The summed E-state index contributed by atoms with van der Waals surface area (Å²) in [5.74, 6) is 1.64. The second-order valence-electron chi connectivity index (χ2n) is 2.89. The first kappa shape index (κ1) is 10.8. The van der Waals surface area contributed by atoms with E-state index >= 15 is 0 Å². The Hall–Kier alpha value is -0.690. The van der Waals surface area contributed by atoms with Crippen LogP contribution in [0, 0.1) is 3.57 Å². The predicted octanol–water partition coefficient (Wildman–Crippen LogP) is 3.50. The molecule has 2 rings (SSSR count). The highest BCUT2D eigenvalue weighted by Crippen LogP contribution is 2.24. The van der Waals surface area contributed by atoms with Crippen LogP contribution >= 0.6 is 34.1 Å². The summed E-state index contributed by atoms with van der Waals surface area (Å²) in [4.78, 5) is 4.24. The molecule has 0 radical (unpaired) electrons. The molecule has 2 aromatic rings. The highest BCUT2D eigenvalue weighted by atomic mass is 127. The lowest BCUT2D eigenvalue weighted by atomic mass is 10.3. The second kappa shape index (κ2) is 4.89. The second-order valence-corrected chi connectivity index (χ2v) is 4.85. The molecule has 0 aliphatic rings. The number of aryl methyl sites for hydroxylation is 1. The molecule has 0 unspecified atom stereocenters. The molecule has 0 amide bonds. The van der Waals surface area contributed by atoms with E-state index in [1.807, 2.05) is 31.2 Å². The molecule has 0 spiro atoms. The molecule has 1 aromatic heterocycles. The maximum Gasteiger partial charge on any atom is 0.298 e. The molecule has 0 N–H and O–H groups in total. The number of nitrogens with zero attached hydrogens (tertiary/aromatic N) is 2. The van der Waals surface area contributed by atoms with Crippen molar-refractivity contribution >= 4 is 34.1 Å². The number of halogens is 1. The van der Waals surface area contributed by atoms with Gasteiger partial charge in [-0.05, 0) is 40.8 Å². The van der Waals surface area contributed by atoms with E-state index in [1.165, 1.54) is 11.5 Å². The van der Waals surface area contributed by atoms with E-state index in [-0.39, 0.29) is 0 Å². The molecule has 0 aliphatic carbocycles. The smallest absolute Gasteiger partial charge is 0.298 e. The zero-order chi connectivity index (χ0) is 10.7. The van der Waals surface area contributed by atoms with Crippen molar-refractivity contribution in [2.24, 2.45) is 0 Å². The Morgan fingerprint density at radius 1 is 1.47 bits per heavy atom. The summed E-state index contributed by atoms with van der Waals surface area (Å²) < 4.78 is 10.9. The quantitative estimate of drug-likeness (QED) is 0.807. The fourth-order valence-electron chi connectivity index (χ4n) is 1.05. The molecule has 15 heavy (non-hydrogen) atoms. The molecule has 78 valence electrons. The molecule has 0 saturated carbocycles. The SMILES string of the molecule is CCc1nsc(Oc2cccc(I)c2)n1. The number of benzene rings is 1. The molecule has 0 atom stereocenters. The van der Waals surface area contributed by atoms with Crippen LogP contribution in [0.25, 0.3) is 0 Å². The van der Waals surface area contributed by atoms with Gasteiger partial charge in [-0.3, -0.25) is 0 Å². The Labute approximate surface area is 106 Å². The zero-order valence-electron chi connectivity index (χ0n) is 8.11. The Bertz CT molecular complexity index is 458. The van der Waals surface area contributed by atoms with E-state index in [9.17, 15) is 0 Å². The van der Waals surface area contributed by atoms with Crippen LogP contribution in [0.3, 0.4) is 0 Å². The van der Waals surface area contributed by atoms with E-state index in [4.69, 9.17) is 4.74 Å². The van der Waals surface area contributed by atoms with Gasteiger partial charge in [0.05, 0.1) is 0 Å². The summed E-state index contributed by atoms with van der Waals surface area (Å²) in [5.41, 5.74) is 0. The Morgan fingerprint density at radius 2 is 2.33 bits per heavy atom. The van der Waals surface area contributed by atoms with Crippen molar-refractivity contribution in [1.29, 1.82) is 0 Å². The van der Waals surface area contributed by atoms with Crippen molar-refractivity contribution in [2.45, 2.75) is 13.3 Å². The predicted molar refractivity (Wildman–Crippen MR) is 68.5 cm³/mol. The van der Waals surface area contributed by atoms with Gasteiger partial charge in [0.1, 0.15) is 11.6 Å². The number of hydrogen-bond acceptors (Lipinski definition) is 4. The molecule has 0 bridgehead atoms. The van der Waals surface area contributed by atoms with E-state index in [1.54, 1.807) is 0 Å². The fourth-order valence-corrected chi connectivity index (χ4v) is 2.20. The van der Waals surface area contributed by atoms with Crippen molar-refractivity contribution in [3.63, 3.8) is 0 Å². The van der Waals surface area contributed by atoms with Gasteiger partial charge in [0.15, 0.2) is 0 Å². The molecule has 0 fully saturated rings. The van der Waals surface area contributed by atoms with E-state index in [0.717, 1.165) is 21.6 Å². The van der Waals surface area contributed by atoms with E-state index < -0.39 is 0 Å². The minimum atomic E-state index is 0.605. The first-order chi connectivity index (χ1) is 7.28. The summed E-state index contributed by atoms with van der Waals surface area (Å²) in [7, 11) is 0. The minimum Gasteiger partial charge on any atom is -0.430 e. The summed E-state index contributed by atoms with van der Waals surface area (Å²) in [6.45, 7) is 2.03. The highest BCUT2D eigenvalue weighted by Gasteiger charge is 2.04. The van der Waals surface area contributed by atoms with Crippen LogP contribution < -0.4 is 4.74 Å². The largest absolute Gasteiger partial charge is 0.430 e. The van der Waals surface area contributed by atoms with Crippen LogP contribution in [0.5, 0.6) is 10.9 Å². The van der Waals surface area contributed by atoms with Crippen molar-refractivity contribution in [2.75, 3.05) is 0 Å². The zero-order valence-corrected chi connectivity index (χ0v) is 11.1. The molecular formula is C10H9IN2OS. The van der Waals surface area contributed by atoms with Crippen LogP contribution in [0.15, 0.2) is 24.3 Å². The fraction of sp³-hybridized carbons (Fsp3) is 0.200. The summed E-state index contributed by atoms with van der Waals surface area (Å²) in [5, 5.41) is 0.605. The lowest BCUT2D eigenvalue weighted by Crippen LogP contribution is -1.85. The van der Waals surface area contributed by atoms with Crippen molar-refractivity contribution in [3.8, 4) is 10.9 Å². The highest BCUT2D eigenvalue weighted by molar-refractivity contribution is 14.1. The van der Waals surface area contributed by atoms with Crippen LogP contribution in [0.4, 0.5) is 0 Å². The lowest BCUT2D eigenvalue weighted by Gasteiger charge is -2.00. The third-order valence-corrected chi connectivity index (χ3v) is 3.07. The Kier molecular flexibility index (Phi) is 3.53. The minimum absolute atomic E-state index is 0.605. The molecule has 0 saturated heterocycles. The molecule has 1 heterocycles. The molecule has 0 aliphatic heterocycles. The van der Waals surface area contributed by atoms with Crippen LogP contribution in [-0.4, -0.2) is 9.36 Å². The number of rotatable bonds is 3. The summed E-state index contributed by atoms with van der Waals surface area (Å²) in [6, 6.07) is 7.85. The first-order valence-electron chi connectivity index (χ1n) is 4.54. The normalized spacial score (nSPS) is 10.3. The monoisotopic (exact) mass is 332 g/mol. The summed E-state index contributed by atoms with van der Waals surface area (Å²) in [6.07, 6.45) is 0.839. The van der Waals surface area contributed by atoms with Gasteiger partial charge in [-0.15, -0.1) is 0 Å². The standard InChI is InChI=1S/C10H9IN2OS/c1-2-9-12-10(15-13-9)14-8-5-3-4-7(11)6-8/h3-6H,2H2,1H3. The van der Waals surface area contributed by atoms with Gasteiger partial charge >= 0.3 is 0 Å². The molecule has 1 aromatic carbocycles. The number of aromatic nitrogens is 2. The van der Waals surface area contributed by atoms with Gasteiger partial charge in [-0.25, -0.2) is 0 Å². The first-order valence-corrected chi connectivity index (χ1v) is 6.39. The molecular weight excluding hydrogens is 323 g/mol. The maximum absolute atomic E-state index is 5.58. The van der Waals surface area contributed by atoms with Crippen LogP contribution in [-0.2, 0) is 6.42 Å². The summed E-state index contributed by atoms with van der Waals surface area (Å²) >= 11 is 3.54. The average Bonchev–Trinajstić information content (AvgIpc) is 2.65. The van der Waals surface area contributed by atoms with Crippen LogP contribution in [0.1, 0.15) is 12.7 Å². The van der Waals surface area contributed by atoms with Gasteiger partial charge in [0.25, 0.3) is 5.19 Å². The third-order valence-electron chi connectivity index (χ3n) is 1.77. The van der Waals surface area contributed by atoms with Gasteiger partial charge < -0.3 is 4.74 Å².